The molecule has 10 aromatic rings. The molecule has 334 valence electrons. The maximum atomic E-state index is 2.67. The van der Waals surface area contributed by atoms with Gasteiger partial charge in [0, 0.05) is 45.0 Å². The van der Waals surface area contributed by atoms with E-state index in [1.165, 1.54) is 77.2 Å². The number of fused-ring (bicyclic) bond motifs is 15. The van der Waals surface area contributed by atoms with Gasteiger partial charge >= 0.3 is 0 Å². The summed E-state index contributed by atoms with van der Waals surface area (Å²) in [7, 11) is -2.34. The molecule has 69 heavy (non-hydrogen) atoms. The van der Waals surface area contributed by atoms with Gasteiger partial charge in [-0.05, 0) is 185 Å². The van der Waals surface area contributed by atoms with Crippen LogP contribution < -0.4 is 20.2 Å². The number of hydrogen-bond donors (Lipinski definition) is 0. The predicted octanol–water partition coefficient (Wildman–Crippen LogP) is 17.0. The minimum Gasteiger partial charge on any atom is -0.310 e. The van der Waals surface area contributed by atoms with Gasteiger partial charge in [-0.15, -0.1) is 0 Å². The lowest BCUT2D eigenvalue weighted by molar-refractivity contribution is 0.669. The number of aryl methyl sites for hydroxylation is 2. The van der Waals surface area contributed by atoms with E-state index in [0.717, 1.165) is 34.1 Å². The van der Waals surface area contributed by atoms with Gasteiger partial charge in [-0.1, -0.05) is 162 Å². The van der Waals surface area contributed by atoms with E-state index in [1.54, 1.807) is 21.5 Å². The fourth-order valence-corrected chi connectivity index (χ4v) is 17.7. The van der Waals surface area contributed by atoms with Crippen LogP contribution in [0.5, 0.6) is 0 Å². The zero-order valence-electron chi connectivity index (χ0n) is 40.9. The van der Waals surface area contributed by atoms with Crippen molar-refractivity contribution in [1.82, 2.24) is 0 Å². The molecule has 0 N–H and O–H groups in total. The SMILES string of the molecule is Cc1cc2c(c3c1-c1ccc4cc(N(c5ccccc5)c5ccccc5)ccc4c1C3(C)C)[Si](C)(C)c1c-2cc(C)c2c1C(C)(C)c1c-2ccc2cc(N(c3ccccc3)c3ccccc3)ccc12. The molecule has 0 saturated carbocycles. The summed E-state index contributed by atoms with van der Waals surface area (Å²) in [6, 6.07) is 72.1. The molecule has 0 unspecified atom stereocenters. The molecule has 0 atom stereocenters. The Bertz CT molecular complexity index is 3430. The normalized spacial score (nSPS) is 15.0. The van der Waals surface area contributed by atoms with Crippen LogP contribution in [0.3, 0.4) is 0 Å². The summed E-state index contributed by atoms with van der Waals surface area (Å²) < 4.78 is 0. The third-order valence-electron chi connectivity index (χ3n) is 16.2. The molecule has 1 heterocycles. The summed E-state index contributed by atoms with van der Waals surface area (Å²) in [6.07, 6.45) is 0. The van der Waals surface area contributed by atoms with Crippen LogP contribution >= 0.6 is 0 Å². The van der Waals surface area contributed by atoms with Crippen LogP contribution in [0.15, 0.2) is 194 Å². The number of rotatable bonds is 6. The Hall–Kier alpha value is -7.46. The van der Waals surface area contributed by atoms with Crippen molar-refractivity contribution in [3.05, 3.63) is 228 Å². The van der Waals surface area contributed by atoms with Gasteiger partial charge in [0.15, 0.2) is 0 Å². The van der Waals surface area contributed by atoms with E-state index in [9.17, 15) is 0 Å². The van der Waals surface area contributed by atoms with Crippen molar-refractivity contribution >= 4 is 74.1 Å². The monoisotopic (exact) mass is 904 g/mol. The quantitative estimate of drug-likeness (QED) is 0.153. The zero-order chi connectivity index (χ0) is 47.1. The number of para-hydroxylation sites is 4. The van der Waals surface area contributed by atoms with Crippen LogP contribution in [0.2, 0.25) is 13.1 Å². The molecule has 10 aromatic carbocycles. The maximum Gasteiger partial charge on any atom is 0.114 e. The number of benzene rings is 10. The molecule has 0 saturated heterocycles. The first kappa shape index (κ1) is 41.7. The first-order valence-corrected chi connectivity index (χ1v) is 27.7. The Kier molecular flexibility index (Phi) is 8.93. The number of anilines is 6. The summed E-state index contributed by atoms with van der Waals surface area (Å²) in [5.74, 6) is 0. The minimum atomic E-state index is -2.34. The van der Waals surface area contributed by atoms with Gasteiger partial charge in [-0.3, -0.25) is 0 Å². The Balaban J connectivity index is 0.942. The smallest absolute Gasteiger partial charge is 0.114 e. The average molecular weight is 905 g/mol. The van der Waals surface area contributed by atoms with Crippen LogP contribution in [-0.2, 0) is 10.8 Å². The van der Waals surface area contributed by atoms with Crippen LogP contribution in [0, 0.1) is 13.8 Å². The van der Waals surface area contributed by atoms with E-state index >= 15 is 0 Å². The summed E-state index contributed by atoms with van der Waals surface area (Å²) in [4.78, 5) is 4.75. The molecule has 1 aliphatic heterocycles. The van der Waals surface area contributed by atoms with E-state index < -0.39 is 8.07 Å². The van der Waals surface area contributed by atoms with Crippen molar-refractivity contribution in [3.63, 3.8) is 0 Å². The molecule has 0 aromatic heterocycles. The molecule has 0 spiro atoms. The Morgan fingerprint density at radius 1 is 0.333 bits per heavy atom. The third-order valence-corrected chi connectivity index (χ3v) is 19.7. The van der Waals surface area contributed by atoms with Gasteiger partial charge < -0.3 is 9.80 Å². The molecule has 2 aliphatic carbocycles. The molecule has 0 fully saturated rings. The molecule has 0 radical (unpaired) electrons. The third kappa shape index (κ3) is 5.84. The molecular weight excluding hydrogens is 849 g/mol. The van der Waals surface area contributed by atoms with E-state index in [1.807, 2.05) is 0 Å². The first-order valence-electron chi connectivity index (χ1n) is 24.7. The van der Waals surface area contributed by atoms with Gasteiger partial charge in [0.25, 0.3) is 0 Å². The van der Waals surface area contributed by atoms with Gasteiger partial charge in [-0.25, -0.2) is 0 Å². The summed E-state index contributed by atoms with van der Waals surface area (Å²) in [5, 5.41) is 8.52. The highest BCUT2D eigenvalue weighted by Crippen LogP contribution is 2.58. The van der Waals surface area contributed by atoms with Crippen LogP contribution in [0.4, 0.5) is 34.1 Å². The predicted molar refractivity (Wildman–Crippen MR) is 298 cm³/mol. The Morgan fingerprint density at radius 3 is 1.00 bits per heavy atom. The highest BCUT2D eigenvalue weighted by Gasteiger charge is 2.52. The van der Waals surface area contributed by atoms with Crippen molar-refractivity contribution < 1.29 is 0 Å². The average Bonchev–Trinajstić information content (AvgIpc) is 3.85. The minimum absolute atomic E-state index is 0.204. The van der Waals surface area contributed by atoms with Crippen molar-refractivity contribution in [2.75, 3.05) is 9.80 Å². The molecular formula is C66H56N2Si. The summed E-state index contributed by atoms with van der Waals surface area (Å²) >= 11 is 0. The van der Waals surface area contributed by atoms with Gasteiger partial charge in [0.2, 0.25) is 0 Å². The molecule has 13 rings (SSSR count). The van der Waals surface area contributed by atoms with Crippen molar-refractivity contribution in [1.29, 1.82) is 0 Å². The topological polar surface area (TPSA) is 6.48 Å². The highest BCUT2D eigenvalue weighted by atomic mass is 28.3. The maximum absolute atomic E-state index is 2.67. The van der Waals surface area contributed by atoms with Crippen molar-refractivity contribution in [2.24, 2.45) is 0 Å². The summed E-state index contributed by atoms with van der Waals surface area (Å²) in [6.45, 7) is 20.2. The van der Waals surface area contributed by atoms with Crippen molar-refractivity contribution in [2.45, 2.75) is 65.5 Å². The largest absolute Gasteiger partial charge is 0.310 e. The number of nitrogens with zero attached hydrogens (tertiary/aromatic N) is 2. The molecule has 2 nitrogen and oxygen atoms in total. The van der Waals surface area contributed by atoms with Gasteiger partial charge in [0.05, 0.1) is 0 Å². The lowest BCUT2D eigenvalue weighted by atomic mass is 9.78. The van der Waals surface area contributed by atoms with Crippen LogP contribution in [-0.4, -0.2) is 8.07 Å². The molecule has 3 heteroatoms. The first-order chi connectivity index (χ1) is 33.4. The second-order valence-electron chi connectivity index (χ2n) is 21.4. The number of hydrogen-bond acceptors (Lipinski definition) is 2. The van der Waals surface area contributed by atoms with E-state index in [2.05, 4.69) is 259 Å². The van der Waals surface area contributed by atoms with Crippen molar-refractivity contribution in [3.8, 4) is 33.4 Å². The van der Waals surface area contributed by atoms with E-state index in [-0.39, 0.29) is 10.8 Å². The van der Waals surface area contributed by atoms with Gasteiger partial charge in [-0.2, -0.15) is 0 Å². The molecule has 3 aliphatic rings. The van der Waals surface area contributed by atoms with Gasteiger partial charge in [0.1, 0.15) is 8.07 Å². The Morgan fingerprint density at radius 2 is 0.667 bits per heavy atom. The Labute approximate surface area is 408 Å². The van der Waals surface area contributed by atoms with Crippen LogP contribution in [0.1, 0.15) is 61.1 Å². The molecule has 0 amide bonds. The standard InChI is InChI=1S/C66H56N2Si/c1-41-37-55-56-38-42(2)58-54-34-30-44-40-50(68(47-25-17-11-18-26-47)48-27-19-12-20-28-48)32-36-52(44)60(54)66(5,6)62(58)64(56)69(7,8)63(55)61-57(41)53-33-29-43-39-49(31-35-51(43)59(53)65(61,3)4)67(45-21-13-9-14-22-45)46-23-15-10-16-24-46/h9-40H,1-8H3. The highest BCUT2D eigenvalue weighted by molar-refractivity contribution is 7.04. The van der Waals surface area contributed by atoms with Crippen LogP contribution in [0.25, 0.3) is 54.9 Å². The lowest BCUT2D eigenvalue weighted by Crippen LogP contribution is -2.54. The zero-order valence-corrected chi connectivity index (χ0v) is 41.9. The summed E-state index contributed by atoms with van der Waals surface area (Å²) in [5.41, 5.74) is 24.0. The van der Waals surface area contributed by atoms with E-state index in [4.69, 9.17) is 0 Å². The molecule has 0 bridgehead atoms. The second kappa shape index (κ2) is 14.8. The second-order valence-corrected chi connectivity index (χ2v) is 25.7. The lowest BCUT2D eigenvalue weighted by Gasteiger charge is -2.33. The fraction of sp³-hybridized carbons (Fsp3) is 0.152. The fourth-order valence-electron chi connectivity index (χ4n) is 13.6. The van der Waals surface area contributed by atoms with E-state index in [0.29, 0.717) is 0 Å².